The number of rotatable bonds is 5. The van der Waals surface area contributed by atoms with Crippen LogP contribution in [0.2, 0.25) is 0 Å². The Morgan fingerprint density at radius 1 is 1.17 bits per heavy atom. The van der Waals surface area contributed by atoms with E-state index in [2.05, 4.69) is 41.9 Å². The number of aromatic nitrogens is 1. The van der Waals surface area contributed by atoms with Crippen molar-refractivity contribution < 1.29 is 14.6 Å². The van der Waals surface area contributed by atoms with Gasteiger partial charge in [-0.15, -0.1) is 0 Å². The highest BCUT2D eigenvalue weighted by molar-refractivity contribution is 5.79. The van der Waals surface area contributed by atoms with Crippen LogP contribution in [0.3, 0.4) is 0 Å². The van der Waals surface area contributed by atoms with Gasteiger partial charge in [0.15, 0.2) is 0 Å². The van der Waals surface area contributed by atoms with Gasteiger partial charge < -0.3 is 14.7 Å². The maximum atomic E-state index is 13.7. The maximum absolute atomic E-state index is 13.7. The van der Waals surface area contributed by atoms with Crippen molar-refractivity contribution in [2.45, 2.75) is 81.4 Å². The summed E-state index contributed by atoms with van der Waals surface area (Å²) in [6.07, 6.45) is 7.73. The van der Waals surface area contributed by atoms with Crippen molar-refractivity contribution in [2.24, 2.45) is 5.92 Å². The average molecular weight is 490 g/mol. The first-order valence-corrected chi connectivity index (χ1v) is 13.6. The summed E-state index contributed by atoms with van der Waals surface area (Å²) in [5.74, 6) is 1.71. The van der Waals surface area contributed by atoms with E-state index in [1.807, 2.05) is 23.1 Å². The van der Waals surface area contributed by atoms with Gasteiger partial charge in [-0.05, 0) is 93.8 Å². The van der Waals surface area contributed by atoms with Crippen LogP contribution in [0.1, 0.15) is 62.8 Å². The lowest BCUT2D eigenvalue weighted by atomic mass is 9.51. The second-order valence-corrected chi connectivity index (χ2v) is 12.2. The molecule has 2 bridgehead atoms. The number of ether oxygens (including phenoxy) is 1. The summed E-state index contributed by atoms with van der Waals surface area (Å²) in [4.78, 5) is 22.7. The molecule has 0 spiro atoms. The van der Waals surface area contributed by atoms with Gasteiger partial charge in [-0.3, -0.25) is 14.7 Å². The molecule has 3 atom stereocenters. The predicted molar refractivity (Wildman–Crippen MR) is 139 cm³/mol. The molecule has 1 N–H and O–H groups in total. The van der Waals surface area contributed by atoms with E-state index in [-0.39, 0.29) is 18.4 Å². The van der Waals surface area contributed by atoms with Crippen LogP contribution in [0.25, 0.3) is 0 Å². The van der Waals surface area contributed by atoms with E-state index in [1.165, 1.54) is 24.0 Å². The van der Waals surface area contributed by atoms with Crippen molar-refractivity contribution in [2.75, 3.05) is 26.7 Å². The van der Waals surface area contributed by atoms with Crippen LogP contribution in [0, 0.1) is 5.92 Å². The fourth-order valence-electron chi connectivity index (χ4n) is 7.70. The molecule has 2 aliphatic carbocycles. The number of benzene rings is 1. The zero-order valence-electron chi connectivity index (χ0n) is 21.9. The van der Waals surface area contributed by atoms with Crippen LogP contribution in [0.15, 0.2) is 42.6 Å². The molecular formula is C30H39N3O3. The summed E-state index contributed by atoms with van der Waals surface area (Å²) in [5.41, 5.74) is 1.58. The summed E-state index contributed by atoms with van der Waals surface area (Å²) in [6.45, 7) is 7.00. The van der Waals surface area contributed by atoms with Gasteiger partial charge in [-0.2, -0.15) is 0 Å². The number of carbonyl (C=O) groups excluding carboxylic acids is 1. The largest absolute Gasteiger partial charge is 0.497 e. The number of carbonyl (C=O) groups is 1. The zero-order chi connectivity index (χ0) is 25.1. The molecule has 3 fully saturated rings. The molecule has 36 heavy (non-hydrogen) atoms. The fourth-order valence-corrected chi connectivity index (χ4v) is 7.70. The minimum atomic E-state index is -0.914. The number of hydrogen-bond donors (Lipinski definition) is 1. The highest BCUT2D eigenvalue weighted by Crippen LogP contribution is 2.58. The molecule has 1 aromatic heterocycles. The van der Waals surface area contributed by atoms with Gasteiger partial charge in [0, 0.05) is 48.4 Å². The van der Waals surface area contributed by atoms with Crippen molar-refractivity contribution in [1.82, 2.24) is 14.8 Å². The predicted octanol–water partition coefficient (Wildman–Crippen LogP) is 3.74. The number of pyridine rings is 1. The first-order chi connectivity index (χ1) is 17.3. The quantitative estimate of drug-likeness (QED) is 0.693. The highest BCUT2D eigenvalue weighted by Gasteiger charge is 2.65. The molecule has 4 aliphatic rings. The Morgan fingerprint density at radius 3 is 2.69 bits per heavy atom. The van der Waals surface area contributed by atoms with E-state index in [0.717, 1.165) is 49.7 Å². The van der Waals surface area contributed by atoms with Crippen LogP contribution in [0.5, 0.6) is 5.75 Å². The van der Waals surface area contributed by atoms with Gasteiger partial charge in [0.25, 0.3) is 0 Å². The van der Waals surface area contributed by atoms with Gasteiger partial charge in [0.05, 0.1) is 19.1 Å². The Balaban J connectivity index is 1.41. The lowest BCUT2D eigenvalue weighted by Gasteiger charge is -2.62. The summed E-state index contributed by atoms with van der Waals surface area (Å²) in [6, 6.07) is 12.2. The molecule has 0 radical (unpaired) electrons. The number of methoxy groups -OCH3 is 1. The number of nitrogens with zero attached hydrogens (tertiary/aromatic N) is 3. The third kappa shape index (κ3) is 3.76. The SMILES string of the molecule is COc1ccc2c(c1)[C@]13CCN(CC4CC4)[C@H](C2)[C@]1(O)CC(C)(C)N(C(=O)Cc1ccccn1)CC3. The number of piperidine rings is 1. The van der Waals surface area contributed by atoms with E-state index in [0.29, 0.717) is 13.0 Å². The summed E-state index contributed by atoms with van der Waals surface area (Å²) < 4.78 is 5.64. The number of likely N-dealkylation sites (tertiary alicyclic amines) is 2. The van der Waals surface area contributed by atoms with Gasteiger partial charge in [0.1, 0.15) is 5.75 Å². The fraction of sp³-hybridized carbons (Fsp3) is 0.600. The summed E-state index contributed by atoms with van der Waals surface area (Å²) in [7, 11) is 1.71. The van der Waals surface area contributed by atoms with Crippen LogP contribution in [-0.4, -0.2) is 69.7 Å². The number of aliphatic hydroxyl groups is 1. The van der Waals surface area contributed by atoms with Crippen LogP contribution in [0.4, 0.5) is 0 Å². The maximum Gasteiger partial charge on any atom is 0.229 e. The topological polar surface area (TPSA) is 65.9 Å². The molecule has 2 saturated heterocycles. The summed E-state index contributed by atoms with van der Waals surface area (Å²) >= 11 is 0. The van der Waals surface area contributed by atoms with E-state index in [4.69, 9.17) is 4.74 Å². The smallest absolute Gasteiger partial charge is 0.229 e. The number of hydrogen-bond acceptors (Lipinski definition) is 5. The van der Waals surface area contributed by atoms with E-state index < -0.39 is 16.6 Å². The molecule has 6 rings (SSSR count). The van der Waals surface area contributed by atoms with Crippen molar-refractivity contribution >= 4 is 5.91 Å². The molecule has 6 nitrogen and oxygen atoms in total. The molecule has 6 heteroatoms. The normalized spacial score (nSPS) is 31.2. The Labute approximate surface area is 214 Å². The second kappa shape index (κ2) is 8.56. The lowest BCUT2D eigenvalue weighted by molar-refractivity contribution is -0.160. The monoisotopic (exact) mass is 489 g/mol. The Bertz CT molecular complexity index is 1150. The molecule has 1 amide bonds. The highest BCUT2D eigenvalue weighted by atomic mass is 16.5. The minimum absolute atomic E-state index is 0.0675. The van der Waals surface area contributed by atoms with Crippen LogP contribution in [-0.2, 0) is 23.1 Å². The molecular weight excluding hydrogens is 450 g/mol. The van der Waals surface area contributed by atoms with Crippen LogP contribution < -0.4 is 4.74 Å². The third-order valence-electron chi connectivity index (χ3n) is 9.64. The number of fused-ring (bicyclic) bond motifs is 1. The van der Waals surface area contributed by atoms with E-state index in [9.17, 15) is 9.90 Å². The summed E-state index contributed by atoms with van der Waals surface area (Å²) in [5, 5.41) is 12.9. The van der Waals surface area contributed by atoms with Crippen molar-refractivity contribution in [3.63, 3.8) is 0 Å². The van der Waals surface area contributed by atoms with Crippen LogP contribution >= 0.6 is 0 Å². The second-order valence-electron chi connectivity index (χ2n) is 12.2. The molecule has 1 aromatic carbocycles. The molecule has 3 heterocycles. The Hall–Kier alpha value is -2.44. The van der Waals surface area contributed by atoms with Gasteiger partial charge in [0.2, 0.25) is 5.91 Å². The number of amides is 1. The van der Waals surface area contributed by atoms with Crippen molar-refractivity contribution in [3.8, 4) is 5.75 Å². The van der Waals surface area contributed by atoms with Gasteiger partial charge >= 0.3 is 0 Å². The molecule has 2 aliphatic heterocycles. The average Bonchev–Trinajstić information content (AvgIpc) is 3.67. The van der Waals surface area contributed by atoms with Crippen molar-refractivity contribution in [1.29, 1.82) is 0 Å². The zero-order valence-corrected chi connectivity index (χ0v) is 21.9. The Morgan fingerprint density at radius 2 is 1.97 bits per heavy atom. The lowest BCUT2D eigenvalue weighted by Crippen LogP contribution is -2.72. The first-order valence-electron chi connectivity index (χ1n) is 13.6. The first kappa shape index (κ1) is 23.9. The van der Waals surface area contributed by atoms with E-state index >= 15 is 0 Å². The van der Waals surface area contributed by atoms with E-state index in [1.54, 1.807) is 13.3 Å². The Kier molecular flexibility index (Phi) is 5.69. The van der Waals surface area contributed by atoms with Gasteiger partial charge in [-0.1, -0.05) is 12.1 Å². The standard InChI is InChI=1S/C30H39N3O3/c1-28(2)20-30(35)26-16-22-9-10-24(36-3)18-25(22)29(30,11-14-32(26)19-21-7-8-21)12-15-33(28)27(34)17-23-6-4-5-13-31-23/h4-6,9-10,13,18,21,26,35H,7-8,11-12,14-17,19-20H2,1-3H3/t26-,29-,30-/m1/s1. The third-order valence-corrected chi connectivity index (χ3v) is 9.64. The molecule has 1 saturated carbocycles. The molecule has 192 valence electrons. The minimum Gasteiger partial charge on any atom is -0.497 e. The van der Waals surface area contributed by atoms with Crippen molar-refractivity contribution in [3.05, 3.63) is 59.4 Å². The molecule has 2 aromatic rings. The molecule has 0 unspecified atom stereocenters. The van der Waals surface area contributed by atoms with Gasteiger partial charge in [-0.25, -0.2) is 0 Å².